The van der Waals surface area contributed by atoms with Gasteiger partial charge in [-0.2, -0.15) is 0 Å². The molecular formula is C24H34BrNO2. The molecule has 0 radical (unpaired) electrons. The first-order chi connectivity index (χ1) is 13.0. The number of esters is 1. The van der Waals surface area contributed by atoms with Crippen LogP contribution in [0.15, 0.2) is 36.4 Å². The molecule has 3 nitrogen and oxygen atoms in total. The maximum Gasteiger partial charge on any atom is 0.313 e. The van der Waals surface area contributed by atoms with Gasteiger partial charge in [0.05, 0.1) is 31.1 Å². The SMILES string of the molecule is CC(C)[N+]1(C)C2CCC1CC(OC(=O)C1CCCC=C1c1ccccc1)C2.[Br-]. The minimum atomic E-state index is -0.0910. The molecule has 0 N–H and O–H groups in total. The molecule has 1 aromatic rings. The number of nitrogens with zero attached hydrogens (tertiary/aromatic N) is 1. The van der Waals surface area contributed by atoms with Gasteiger partial charge in [-0.05, 0) is 44.2 Å². The summed E-state index contributed by atoms with van der Waals surface area (Å²) < 4.78 is 7.32. The Labute approximate surface area is 180 Å². The number of piperidine rings is 1. The van der Waals surface area contributed by atoms with E-state index in [0.29, 0.717) is 18.1 Å². The standard InChI is InChI=1S/C24H34NO2.BrH/c1-17(2)25(3)19-13-14-20(25)16-21(15-19)27-24(26)23-12-8-7-11-22(23)18-9-5-4-6-10-18;/h4-6,9-11,17,19-21,23H,7-8,12-16H2,1-3H3;1H/q+1;/p-1. The molecule has 28 heavy (non-hydrogen) atoms. The summed E-state index contributed by atoms with van der Waals surface area (Å²) in [5, 5.41) is 0. The summed E-state index contributed by atoms with van der Waals surface area (Å²) in [5.74, 6) is -0.0819. The molecule has 2 fully saturated rings. The van der Waals surface area contributed by atoms with Gasteiger partial charge in [0.2, 0.25) is 0 Å². The summed E-state index contributed by atoms with van der Waals surface area (Å²) >= 11 is 0. The molecule has 1 aromatic carbocycles. The molecule has 0 aromatic heterocycles. The zero-order chi connectivity index (χ0) is 19.0. The van der Waals surface area contributed by atoms with Crippen molar-refractivity contribution >= 4 is 11.5 Å². The van der Waals surface area contributed by atoms with Crippen molar-refractivity contribution in [3.8, 4) is 0 Å². The van der Waals surface area contributed by atoms with Gasteiger partial charge in [0.25, 0.3) is 0 Å². The van der Waals surface area contributed by atoms with Crippen LogP contribution in [0.1, 0.15) is 64.4 Å². The number of fused-ring (bicyclic) bond motifs is 2. The minimum Gasteiger partial charge on any atom is -1.00 e. The smallest absolute Gasteiger partial charge is 0.313 e. The van der Waals surface area contributed by atoms with Crippen LogP contribution in [-0.4, -0.2) is 41.7 Å². The predicted molar refractivity (Wildman–Crippen MR) is 109 cm³/mol. The van der Waals surface area contributed by atoms with Crippen molar-refractivity contribution in [3.05, 3.63) is 42.0 Å². The number of hydrogen-bond donors (Lipinski definition) is 0. The summed E-state index contributed by atoms with van der Waals surface area (Å²) in [4.78, 5) is 13.1. The molecule has 3 atom stereocenters. The van der Waals surface area contributed by atoms with Gasteiger partial charge in [0.15, 0.2) is 0 Å². The Balaban J connectivity index is 0.00000225. The summed E-state index contributed by atoms with van der Waals surface area (Å²) in [5.41, 5.74) is 2.35. The van der Waals surface area contributed by atoms with Crippen LogP contribution in [0.4, 0.5) is 0 Å². The zero-order valence-electron chi connectivity index (χ0n) is 17.4. The van der Waals surface area contributed by atoms with Crippen LogP contribution in [0, 0.1) is 5.92 Å². The average Bonchev–Trinajstić information content (AvgIpc) is 2.86. The average molecular weight is 448 g/mol. The number of carbonyl (C=O) groups is 1. The number of rotatable bonds is 4. The third-order valence-electron chi connectivity index (χ3n) is 7.70. The molecule has 2 aliphatic heterocycles. The molecule has 3 unspecified atom stereocenters. The minimum absolute atomic E-state index is 0. The highest BCUT2D eigenvalue weighted by Crippen LogP contribution is 2.44. The Morgan fingerprint density at radius 3 is 2.32 bits per heavy atom. The number of carbonyl (C=O) groups excluding carboxylic acids is 1. The van der Waals surface area contributed by atoms with Gasteiger partial charge < -0.3 is 26.2 Å². The number of allylic oxidation sites excluding steroid dienone is 1. The molecule has 1 aliphatic carbocycles. The van der Waals surface area contributed by atoms with E-state index in [4.69, 9.17) is 4.74 Å². The van der Waals surface area contributed by atoms with E-state index in [1.807, 2.05) is 6.07 Å². The van der Waals surface area contributed by atoms with Gasteiger partial charge in [-0.25, -0.2) is 0 Å². The van der Waals surface area contributed by atoms with Crippen LogP contribution in [-0.2, 0) is 9.53 Å². The van der Waals surface area contributed by atoms with Gasteiger partial charge in [-0.15, -0.1) is 0 Å². The van der Waals surface area contributed by atoms with Crippen LogP contribution >= 0.6 is 0 Å². The fourth-order valence-electron chi connectivity index (χ4n) is 5.89. The van der Waals surface area contributed by atoms with Gasteiger partial charge in [-0.1, -0.05) is 36.4 Å². The van der Waals surface area contributed by atoms with Gasteiger partial charge in [0.1, 0.15) is 6.10 Å². The van der Waals surface area contributed by atoms with Crippen molar-refractivity contribution in [1.82, 2.24) is 0 Å². The Morgan fingerprint density at radius 1 is 1.07 bits per heavy atom. The second kappa shape index (κ2) is 8.71. The fraction of sp³-hybridized carbons (Fsp3) is 0.625. The van der Waals surface area contributed by atoms with Crippen molar-refractivity contribution in [2.24, 2.45) is 5.92 Å². The molecule has 3 aliphatic rings. The van der Waals surface area contributed by atoms with E-state index >= 15 is 0 Å². The quantitative estimate of drug-likeness (QED) is 0.520. The lowest BCUT2D eigenvalue weighted by atomic mass is 9.83. The zero-order valence-corrected chi connectivity index (χ0v) is 19.0. The first kappa shape index (κ1) is 21.6. The second-order valence-electron chi connectivity index (χ2n) is 9.24. The maximum atomic E-state index is 13.1. The second-order valence-corrected chi connectivity index (χ2v) is 9.24. The van der Waals surface area contributed by atoms with Gasteiger partial charge in [-0.3, -0.25) is 4.79 Å². The first-order valence-electron chi connectivity index (χ1n) is 10.8. The van der Waals surface area contributed by atoms with Gasteiger partial charge in [0, 0.05) is 25.7 Å². The highest BCUT2D eigenvalue weighted by Gasteiger charge is 2.53. The number of halogens is 1. The van der Waals surface area contributed by atoms with E-state index in [2.05, 4.69) is 51.2 Å². The molecular weight excluding hydrogens is 414 g/mol. The Bertz CT molecular complexity index is 701. The number of hydrogen-bond acceptors (Lipinski definition) is 2. The van der Waals surface area contributed by atoms with Crippen molar-refractivity contribution in [2.75, 3.05) is 7.05 Å². The van der Waals surface area contributed by atoms with Crippen LogP contribution in [0.5, 0.6) is 0 Å². The molecule has 4 heteroatoms. The van der Waals surface area contributed by atoms with E-state index in [-0.39, 0.29) is 35.0 Å². The van der Waals surface area contributed by atoms with E-state index in [1.54, 1.807) is 0 Å². The number of quaternary nitrogens is 1. The van der Waals surface area contributed by atoms with Crippen molar-refractivity contribution in [2.45, 2.75) is 83.0 Å². The predicted octanol–water partition coefficient (Wildman–Crippen LogP) is 1.97. The number of ether oxygens (including phenoxy) is 1. The first-order valence-corrected chi connectivity index (χ1v) is 10.8. The van der Waals surface area contributed by atoms with E-state index in [1.165, 1.54) is 28.5 Å². The molecule has 0 amide bonds. The van der Waals surface area contributed by atoms with Crippen molar-refractivity contribution < 1.29 is 31.0 Å². The molecule has 4 rings (SSSR count). The molecule has 0 saturated carbocycles. The molecule has 154 valence electrons. The third-order valence-corrected chi connectivity index (χ3v) is 7.70. The van der Waals surface area contributed by atoms with Crippen molar-refractivity contribution in [1.29, 1.82) is 0 Å². The van der Waals surface area contributed by atoms with Gasteiger partial charge >= 0.3 is 5.97 Å². The molecule has 2 heterocycles. The topological polar surface area (TPSA) is 26.3 Å². The van der Waals surface area contributed by atoms with E-state index in [9.17, 15) is 4.79 Å². The van der Waals surface area contributed by atoms with E-state index in [0.717, 1.165) is 32.1 Å². The van der Waals surface area contributed by atoms with Crippen LogP contribution in [0.25, 0.3) is 5.57 Å². The van der Waals surface area contributed by atoms with Crippen LogP contribution in [0.2, 0.25) is 0 Å². The highest BCUT2D eigenvalue weighted by atomic mass is 79.9. The highest BCUT2D eigenvalue weighted by molar-refractivity contribution is 5.89. The molecule has 2 saturated heterocycles. The van der Waals surface area contributed by atoms with Crippen LogP contribution in [0.3, 0.4) is 0 Å². The molecule has 2 bridgehead atoms. The molecule has 0 spiro atoms. The lowest BCUT2D eigenvalue weighted by molar-refractivity contribution is -0.968. The van der Waals surface area contributed by atoms with Crippen LogP contribution < -0.4 is 17.0 Å². The van der Waals surface area contributed by atoms with E-state index < -0.39 is 0 Å². The lowest BCUT2D eigenvalue weighted by Crippen LogP contribution is -3.00. The summed E-state index contributed by atoms with van der Waals surface area (Å²) in [6.45, 7) is 4.69. The summed E-state index contributed by atoms with van der Waals surface area (Å²) in [6, 6.07) is 12.3. The Hall–Kier alpha value is -1.13. The number of benzene rings is 1. The monoisotopic (exact) mass is 447 g/mol. The lowest BCUT2D eigenvalue weighted by Gasteiger charge is -2.49. The maximum absolute atomic E-state index is 13.1. The summed E-state index contributed by atoms with van der Waals surface area (Å²) in [6.07, 6.45) is 10.1. The van der Waals surface area contributed by atoms with Crippen molar-refractivity contribution in [3.63, 3.8) is 0 Å². The fourth-order valence-corrected chi connectivity index (χ4v) is 5.89. The normalized spacial score (nSPS) is 34.5. The largest absolute Gasteiger partial charge is 1.00 e. The Morgan fingerprint density at radius 2 is 1.71 bits per heavy atom. The Kier molecular flexibility index (Phi) is 6.71. The third kappa shape index (κ3) is 3.82. The summed E-state index contributed by atoms with van der Waals surface area (Å²) in [7, 11) is 2.42.